The highest BCUT2D eigenvalue weighted by atomic mass is 16.6. The molecule has 2 aliphatic rings. The summed E-state index contributed by atoms with van der Waals surface area (Å²) in [6, 6.07) is 5.33. The van der Waals surface area contributed by atoms with E-state index >= 15 is 0 Å². The van der Waals surface area contributed by atoms with Gasteiger partial charge in [0.05, 0.1) is 10.8 Å². The molecule has 2 heterocycles. The van der Waals surface area contributed by atoms with Gasteiger partial charge in [-0.25, -0.2) is 0 Å². The summed E-state index contributed by atoms with van der Waals surface area (Å²) in [5.74, 6) is -1.89. The summed E-state index contributed by atoms with van der Waals surface area (Å²) >= 11 is 0. The van der Waals surface area contributed by atoms with E-state index in [1.807, 2.05) is 0 Å². The molecule has 1 amide bonds. The first-order chi connectivity index (χ1) is 10.0. The second-order valence-corrected chi connectivity index (χ2v) is 5.47. The van der Waals surface area contributed by atoms with E-state index in [0.29, 0.717) is 12.8 Å². The number of benzene rings is 1. The molecule has 21 heavy (non-hydrogen) atoms. The Morgan fingerprint density at radius 1 is 1.29 bits per heavy atom. The molecular weight excluding hydrogens is 276 g/mol. The van der Waals surface area contributed by atoms with Gasteiger partial charge in [0.25, 0.3) is 11.6 Å². The number of amides is 1. The lowest BCUT2D eigenvalue weighted by molar-refractivity contribution is -0.385. The largest absolute Gasteiger partial charge is 0.481 e. The van der Waals surface area contributed by atoms with Crippen molar-refractivity contribution >= 4 is 17.6 Å². The molecule has 110 valence electrons. The molecule has 3 unspecified atom stereocenters. The predicted molar refractivity (Wildman–Crippen MR) is 71.8 cm³/mol. The van der Waals surface area contributed by atoms with Gasteiger partial charge in [0.1, 0.15) is 5.56 Å². The smallest absolute Gasteiger partial charge is 0.308 e. The SMILES string of the molecule is O=C(O)C1CC2CCC1N2C(=O)c1ccccc1[N+](=O)[O-]. The highest BCUT2D eigenvalue weighted by Crippen LogP contribution is 2.43. The fourth-order valence-corrected chi connectivity index (χ4v) is 3.52. The van der Waals surface area contributed by atoms with E-state index in [9.17, 15) is 24.8 Å². The number of aliphatic carboxylic acids is 1. The molecule has 0 radical (unpaired) electrons. The van der Waals surface area contributed by atoms with E-state index in [2.05, 4.69) is 0 Å². The average Bonchev–Trinajstić information content (AvgIpc) is 3.04. The number of nitro groups is 1. The zero-order valence-electron chi connectivity index (χ0n) is 11.1. The molecule has 0 aromatic heterocycles. The third-order valence-electron chi connectivity index (χ3n) is 4.42. The highest BCUT2D eigenvalue weighted by molar-refractivity contribution is 5.99. The Bertz CT molecular complexity index is 630. The van der Waals surface area contributed by atoms with Crippen molar-refractivity contribution in [2.45, 2.75) is 31.3 Å². The third kappa shape index (κ3) is 2.05. The van der Waals surface area contributed by atoms with Crippen LogP contribution in [0.15, 0.2) is 24.3 Å². The van der Waals surface area contributed by atoms with Gasteiger partial charge in [0.2, 0.25) is 0 Å². The summed E-state index contributed by atoms with van der Waals surface area (Å²) in [6.45, 7) is 0. The molecule has 7 nitrogen and oxygen atoms in total. The fraction of sp³-hybridized carbons (Fsp3) is 0.429. The summed E-state index contributed by atoms with van der Waals surface area (Å²) in [6.07, 6.45) is 1.85. The summed E-state index contributed by atoms with van der Waals surface area (Å²) in [4.78, 5) is 35.8. The molecule has 1 N–H and O–H groups in total. The topological polar surface area (TPSA) is 101 Å². The number of nitrogens with zero attached hydrogens (tertiary/aromatic N) is 2. The molecule has 3 atom stereocenters. The molecular formula is C14H14N2O5. The molecule has 2 fully saturated rings. The fourth-order valence-electron chi connectivity index (χ4n) is 3.52. The first kappa shape index (κ1) is 13.5. The average molecular weight is 290 g/mol. The van der Waals surface area contributed by atoms with Crippen molar-refractivity contribution < 1.29 is 19.6 Å². The number of hydrogen-bond acceptors (Lipinski definition) is 4. The first-order valence-corrected chi connectivity index (χ1v) is 6.79. The zero-order chi connectivity index (χ0) is 15.1. The molecule has 3 rings (SSSR count). The van der Waals surface area contributed by atoms with E-state index in [1.165, 1.54) is 18.2 Å². The van der Waals surface area contributed by atoms with Crippen molar-refractivity contribution in [3.8, 4) is 0 Å². The Morgan fingerprint density at radius 2 is 2.00 bits per heavy atom. The Kier molecular flexibility index (Phi) is 3.12. The van der Waals surface area contributed by atoms with Crippen LogP contribution in [-0.2, 0) is 4.79 Å². The number of nitro benzene ring substituents is 1. The summed E-state index contributed by atoms with van der Waals surface area (Å²) in [7, 11) is 0. The number of carboxylic acids is 1. The predicted octanol–water partition coefficient (Wildman–Crippen LogP) is 1.67. The van der Waals surface area contributed by atoms with Gasteiger partial charge in [-0.2, -0.15) is 0 Å². The monoisotopic (exact) mass is 290 g/mol. The van der Waals surface area contributed by atoms with Crippen LogP contribution in [0.25, 0.3) is 0 Å². The molecule has 2 saturated heterocycles. The van der Waals surface area contributed by atoms with Crippen LogP contribution in [0.2, 0.25) is 0 Å². The number of hydrogen-bond donors (Lipinski definition) is 1. The maximum atomic E-state index is 12.6. The standard InChI is InChI=1S/C14H14N2O5/c17-13(9-3-1-2-4-12(9)16(20)21)15-8-5-6-11(15)10(7-8)14(18)19/h1-4,8,10-11H,5-7H2,(H,18,19). The summed E-state index contributed by atoms with van der Waals surface area (Å²) in [5.41, 5.74) is -0.203. The number of rotatable bonds is 3. The lowest BCUT2D eigenvalue weighted by Crippen LogP contribution is -2.38. The lowest BCUT2D eigenvalue weighted by Gasteiger charge is -2.23. The van der Waals surface area contributed by atoms with Gasteiger partial charge >= 0.3 is 5.97 Å². The van der Waals surface area contributed by atoms with Gasteiger partial charge in [-0.05, 0) is 25.3 Å². The minimum atomic E-state index is -0.900. The Labute approximate surface area is 120 Å². The van der Waals surface area contributed by atoms with Crippen LogP contribution in [0.3, 0.4) is 0 Å². The lowest BCUT2D eigenvalue weighted by atomic mass is 9.89. The van der Waals surface area contributed by atoms with E-state index in [4.69, 9.17) is 0 Å². The van der Waals surface area contributed by atoms with Crippen molar-refractivity contribution in [2.75, 3.05) is 0 Å². The third-order valence-corrected chi connectivity index (χ3v) is 4.42. The number of carbonyl (C=O) groups excluding carboxylic acids is 1. The Morgan fingerprint density at radius 3 is 2.62 bits per heavy atom. The van der Waals surface area contributed by atoms with Gasteiger partial charge in [0, 0.05) is 18.2 Å². The molecule has 7 heteroatoms. The maximum Gasteiger partial charge on any atom is 0.308 e. The van der Waals surface area contributed by atoms with Gasteiger partial charge in [0.15, 0.2) is 0 Å². The quantitative estimate of drug-likeness (QED) is 0.674. The van der Waals surface area contributed by atoms with Crippen LogP contribution < -0.4 is 0 Å². The van der Waals surface area contributed by atoms with Crippen LogP contribution in [0, 0.1) is 16.0 Å². The van der Waals surface area contributed by atoms with Crippen LogP contribution in [0.1, 0.15) is 29.6 Å². The normalized spacial score (nSPS) is 26.9. The molecule has 2 bridgehead atoms. The molecule has 1 aromatic carbocycles. The zero-order valence-corrected chi connectivity index (χ0v) is 11.1. The highest BCUT2D eigenvalue weighted by Gasteiger charge is 2.52. The Balaban J connectivity index is 1.94. The van der Waals surface area contributed by atoms with Crippen LogP contribution >= 0.6 is 0 Å². The van der Waals surface area contributed by atoms with Crippen LogP contribution in [0.5, 0.6) is 0 Å². The van der Waals surface area contributed by atoms with Crippen molar-refractivity contribution in [2.24, 2.45) is 5.92 Å². The van der Waals surface area contributed by atoms with Crippen molar-refractivity contribution in [1.29, 1.82) is 0 Å². The van der Waals surface area contributed by atoms with Gasteiger partial charge in [-0.3, -0.25) is 19.7 Å². The molecule has 1 aromatic rings. The van der Waals surface area contributed by atoms with Crippen molar-refractivity contribution in [3.63, 3.8) is 0 Å². The first-order valence-electron chi connectivity index (χ1n) is 6.79. The van der Waals surface area contributed by atoms with E-state index in [0.717, 1.165) is 6.42 Å². The van der Waals surface area contributed by atoms with E-state index in [1.54, 1.807) is 11.0 Å². The number of carbonyl (C=O) groups is 2. The van der Waals surface area contributed by atoms with E-state index in [-0.39, 0.29) is 23.3 Å². The minimum absolute atomic E-state index is 0.0328. The van der Waals surface area contributed by atoms with E-state index < -0.39 is 22.7 Å². The van der Waals surface area contributed by atoms with Gasteiger partial charge in [-0.15, -0.1) is 0 Å². The number of carboxylic acid groups (broad SMARTS) is 1. The van der Waals surface area contributed by atoms with Gasteiger partial charge < -0.3 is 10.0 Å². The van der Waals surface area contributed by atoms with Crippen molar-refractivity contribution in [3.05, 3.63) is 39.9 Å². The minimum Gasteiger partial charge on any atom is -0.481 e. The molecule has 2 aliphatic heterocycles. The van der Waals surface area contributed by atoms with Crippen LogP contribution in [-0.4, -0.2) is 38.9 Å². The maximum absolute atomic E-state index is 12.6. The second kappa shape index (κ2) is 4.83. The molecule has 0 spiro atoms. The summed E-state index contributed by atoms with van der Waals surface area (Å²) in [5, 5.41) is 20.2. The second-order valence-electron chi connectivity index (χ2n) is 5.47. The molecule has 0 aliphatic carbocycles. The van der Waals surface area contributed by atoms with Crippen molar-refractivity contribution in [1.82, 2.24) is 4.90 Å². The summed E-state index contributed by atoms with van der Waals surface area (Å²) < 4.78 is 0. The number of fused-ring (bicyclic) bond motifs is 2. The Hall–Kier alpha value is -2.44. The van der Waals surface area contributed by atoms with Gasteiger partial charge in [-0.1, -0.05) is 12.1 Å². The number of para-hydroxylation sites is 1. The van der Waals surface area contributed by atoms with Crippen LogP contribution in [0.4, 0.5) is 5.69 Å². The molecule has 0 saturated carbocycles.